The van der Waals surface area contributed by atoms with Gasteiger partial charge in [-0.05, 0) is 57.5 Å². The number of aliphatic carboxylic acids is 1. The number of fused-ring (bicyclic) bond motifs is 3. The zero-order valence-corrected chi connectivity index (χ0v) is 27.0. The molecule has 45 heavy (non-hydrogen) atoms. The van der Waals surface area contributed by atoms with E-state index in [1.807, 2.05) is 42.7 Å². The Bertz CT molecular complexity index is 1450. The molecular formula is C31H41N5O8S. The Kier molecular flexibility index (Phi) is 13.0. The van der Waals surface area contributed by atoms with Crippen molar-refractivity contribution in [2.45, 2.75) is 40.2 Å². The number of thiophene rings is 1. The molecule has 1 aromatic carbocycles. The Hall–Kier alpha value is -3.69. The molecule has 3 heterocycles. The summed E-state index contributed by atoms with van der Waals surface area (Å²) in [6, 6.07) is 7.32. The van der Waals surface area contributed by atoms with Gasteiger partial charge in [-0.25, -0.2) is 4.79 Å². The number of aliphatic imine (C=N–C) groups is 1. The number of hydrogen-bond donors (Lipinski definition) is 2. The van der Waals surface area contributed by atoms with Gasteiger partial charge in [0, 0.05) is 22.5 Å². The number of ether oxygens (including phenoxy) is 5. The molecule has 3 aromatic rings. The lowest BCUT2D eigenvalue weighted by Crippen LogP contribution is -2.25. The van der Waals surface area contributed by atoms with Crippen LogP contribution in [0, 0.1) is 20.8 Å². The second kappa shape index (κ2) is 17.1. The number of carbonyl (C=O) groups excluding carboxylic acids is 1. The van der Waals surface area contributed by atoms with E-state index in [4.69, 9.17) is 33.8 Å². The SMILES string of the molecule is CCNC(=O)C[C@@H]1N=C(c2ccc(OCCOCCOCCOCCOCC(=O)O)cc2)c2c(sc(C)c2C)-n2c(C)nnc21. The number of benzene rings is 1. The van der Waals surface area contributed by atoms with Crippen LogP contribution in [-0.4, -0.2) is 103 Å². The zero-order valence-electron chi connectivity index (χ0n) is 26.2. The van der Waals surface area contributed by atoms with E-state index in [1.165, 1.54) is 4.88 Å². The number of nitrogens with one attached hydrogen (secondary N) is 1. The first-order valence-corrected chi connectivity index (χ1v) is 15.7. The summed E-state index contributed by atoms with van der Waals surface area (Å²) in [5, 5.41) is 21.2. The molecule has 13 nitrogen and oxygen atoms in total. The first kappa shape index (κ1) is 34.2. The van der Waals surface area contributed by atoms with Crippen LogP contribution < -0.4 is 10.1 Å². The molecule has 1 aliphatic heterocycles. The van der Waals surface area contributed by atoms with Crippen molar-refractivity contribution in [3.63, 3.8) is 0 Å². The van der Waals surface area contributed by atoms with Crippen LogP contribution >= 0.6 is 11.3 Å². The van der Waals surface area contributed by atoms with Crippen LogP contribution in [0.5, 0.6) is 5.75 Å². The standard InChI is InChI=1S/C31H41N5O8S/c1-5-32-26(37)18-25-30-35-34-22(4)36(30)31-28(20(2)21(3)45-31)29(33-25)23-6-8-24(9-7-23)44-17-16-42-13-12-40-10-11-41-14-15-43-19-27(38)39/h6-9,25H,5,10-19H2,1-4H3,(H,32,37)(H,38,39)/t25-/m0/s1. The second-order valence-electron chi connectivity index (χ2n) is 10.2. The first-order valence-electron chi connectivity index (χ1n) is 14.9. The average Bonchev–Trinajstić information content (AvgIpc) is 3.49. The molecule has 0 spiro atoms. The van der Waals surface area contributed by atoms with Gasteiger partial charge in [-0.15, -0.1) is 21.5 Å². The summed E-state index contributed by atoms with van der Waals surface area (Å²) >= 11 is 1.68. The topological polar surface area (TPSA) is 156 Å². The van der Waals surface area contributed by atoms with Crippen LogP contribution in [0.15, 0.2) is 29.3 Å². The van der Waals surface area contributed by atoms with Gasteiger partial charge in [-0.2, -0.15) is 0 Å². The number of carbonyl (C=O) groups is 2. The molecule has 1 atom stereocenters. The highest BCUT2D eigenvalue weighted by Crippen LogP contribution is 2.39. The summed E-state index contributed by atoms with van der Waals surface area (Å²) in [7, 11) is 0. The van der Waals surface area contributed by atoms with Gasteiger partial charge < -0.3 is 34.1 Å². The molecule has 1 aliphatic rings. The van der Waals surface area contributed by atoms with Crippen LogP contribution in [0.25, 0.3) is 5.00 Å². The highest BCUT2D eigenvalue weighted by atomic mass is 32.1. The number of amides is 1. The normalized spacial score (nSPS) is 14.0. The number of carboxylic acids is 1. The number of carboxylic acid groups (broad SMARTS) is 1. The summed E-state index contributed by atoms with van der Waals surface area (Å²) in [5.74, 6) is 1.05. The summed E-state index contributed by atoms with van der Waals surface area (Å²) in [5.41, 5.74) is 3.91. The third-order valence-electron chi connectivity index (χ3n) is 6.96. The van der Waals surface area contributed by atoms with Crippen molar-refractivity contribution in [1.82, 2.24) is 20.1 Å². The maximum atomic E-state index is 12.7. The molecule has 4 rings (SSSR count). The van der Waals surface area contributed by atoms with Crippen LogP contribution in [0.1, 0.15) is 52.6 Å². The van der Waals surface area contributed by atoms with Crippen molar-refractivity contribution in [1.29, 1.82) is 0 Å². The fourth-order valence-electron chi connectivity index (χ4n) is 4.72. The number of hydrogen-bond acceptors (Lipinski definition) is 11. The van der Waals surface area contributed by atoms with E-state index < -0.39 is 12.0 Å². The van der Waals surface area contributed by atoms with E-state index in [2.05, 4.69) is 29.4 Å². The molecule has 0 bridgehead atoms. The van der Waals surface area contributed by atoms with Gasteiger partial charge in [0.25, 0.3) is 0 Å². The Morgan fingerprint density at radius 3 is 2.16 bits per heavy atom. The van der Waals surface area contributed by atoms with Crippen molar-refractivity contribution >= 4 is 28.9 Å². The minimum Gasteiger partial charge on any atom is -0.491 e. The number of aryl methyl sites for hydroxylation is 2. The third-order valence-corrected chi connectivity index (χ3v) is 8.15. The molecule has 1 amide bonds. The van der Waals surface area contributed by atoms with Gasteiger partial charge >= 0.3 is 5.97 Å². The summed E-state index contributed by atoms with van der Waals surface area (Å²) < 4.78 is 29.1. The van der Waals surface area contributed by atoms with Crippen LogP contribution in [0.3, 0.4) is 0 Å². The highest BCUT2D eigenvalue weighted by molar-refractivity contribution is 7.15. The van der Waals surface area contributed by atoms with Crippen LogP contribution in [0.2, 0.25) is 0 Å². The Labute approximate surface area is 266 Å². The molecule has 0 saturated heterocycles. The fourth-order valence-corrected chi connectivity index (χ4v) is 5.93. The third kappa shape index (κ3) is 9.41. The maximum Gasteiger partial charge on any atom is 0.329 e. The van der Waals surface area contributed by atoms with Gasteiger partial charge in [-0.1, -0.05) is 0 Å². The minimum atomic E-state index is -1.00. The lowest BCUT2D eigenvalue weighted by atomic mass is 9.99. The van der Waals surface area contributed by atoms with Crippen molar-refractivity contribution in [3.8, 4) is 10.8 Å². The molecule has 0 unspecified atom stereocenters. The van der Waals surface area contributed by atoms with E-state index >= 15 is 0 Å². The molecule has 244 valence electrons. The maximum absolute atomic E-state index is 12.7. The molecule has 2 aromatic heterocycles. The second-order valence-corrected chi connectivity index (χ2v) is 11.4. The highest BCUT2D eigenvalue weighted by Gasteiger charge is 2.32. The summed E-state index contributed by atoms with van der Waals surface area (Å²) in [6.07, 6.45) is 0.175. The average molecular weight is 644 g/mol. The van der Waals surface area contributed by atoms with Crippen LogP contribution in [-0.2, 0) is 28.5 Å². The predicted molar refractivity (Wildman–Crippen MR) is 168 cm³/mol. The monoisotopic (exact) mass is 643 g/mol. The van der Waals surface area contributed by atoms with E-state index in [-0.39, 0.29) is 25.5 Å². The molecule has 0 aliphatic carbocycles. The molecule has 0 fully saturated rings. The smallest absolute Gasteiger partial charge is 0.329 e. The molecular weight excluding hydrogens is 602 g/mol. The van der Waals surface area contributed by atoms with E-state index in [9.17, 15) is 9.59 Å². The molecule has 2 N–H and O–H groups in total. The molecule has 0 radical (unpaired) electrons. The van der Waals surface area contributed by atoms with Crippen molar-refractivity contribution in [3.05, 3.63) is 57.5 Å². The number of nitrogens with zero attached hydrogens (tertiary/aromatic N) is 4. The van der Waals surface area contributed by atoms with E-state index in [1.54, 1.807) is 11.3 Å². The Balaban J connectivity index is 1.29. The van der Waals surface area contributed by atoms with Crippen LogP contribution in [0.4, 0.5) is 0 Å². The Morgan fingerprint density at radius 2 is 1.53 bits per heavy atom. The summed E-state index contributed by atoms with van der Waals surface area (Å²) in [6.45, 7) is 11.2. The largest absolute Gasteiger partial charge is 0.491 e. The number of rotatable bonds is 19. The lowest BCUT2D eigenvalue weighted by molar-refractivity contribution is -0.142. The lowest BCUT2D eigenvalue weighted by Gasteiger charge is -2.13. The van der Waals surface area contributed by atoms with Gasteiger partial charge in [0.05, 0.1) is 58.4 Å². The van der Waals surface area contributed by atoms with Gasteiger partial charge in [0.2, 0.25) is 5.91 Å². The fraction of sp³-hybridized carbons (Fsp3) is 0.516. The molecule has 0 saturated carbocycles. The predicted octanol–water partition coefficient (Wildman–Crippen LogP) is 3.20. The first-order chi connectivity index (χ1) is 21.8. The van der Waals surface area contributed by atoms with E-state index in [0.717, 1.165) is 33.2 Å². The quantitative estimate of drug-likeness (QED) is 0.186. The Morgan fingerprint density at radius 1 is 0.911 bits per heavy atom. The number of aromatic nitrogens is 3. The van der Waals surface area contributed by atoms with Gasteiger partial charge in [0.1, 0.15) is 35.8 Å². The van der Waals surface area contributed by atoms with Crippen molar-refractivity contribution < 1.29 is 38.4 Å². The minimum absolute atomic E-state index is 0.0835. The van der Waals surface area contributed by atoms with E-state index in [0.29, 0.717) is 64.4 Å². The van der Waals surface area contributed by atoms with Crippen molar-refractivity contribution in [2.75, 3.05) is 66.0 Å². The summed E-state index contributed by atoms with van der Waals surface area (Å²) in [4.78, 5) is 29.3. The van der Waals surface area contributed by atoms with Gasteiger partial charge in [0.15, 0.2) is 5.82 Å². The zero-order chi connectivity index (χ0) is 32.2. The van der Waals surface area contributed by atoms with Gasteiger partial charge in [-0.3, -0.25) is 14.4 Å². The van der Waals surface area contributed by atoms with Crippen molar-refractivity contribution in [2.24, 2.45) is 4.99 Å². The molecule has 14 heteroatoms.